The van der Waals surface area contributed by atoms with Crippen LogP contribution >= 0.6 is 0 Å². The Bertz CT molecular complexity index is 738. The Balaban J connectivity index is 2.46. The topological polar surface area (TPSA) is 86.6 Å². The normalized spacial score (nSPS) is 11.7. The van der Waals surface area contributed by atoms with Gasteiger partial charge in [0.15, 0.2) is 0 Å². The van der Waals surface area contributed by atoms with Crippen LogP contribution in [0.3, 0.4) is 0 Å². The van der Waals surface area contributed by atoms with E-state index in [4.69, 9.17) is 4.55 Å². The largest absolute Gasteiger partial charge is 0.507 e. The molecule has 0 saturated heterocycles. The summed E-state index contributed by atoms with van der Waals surface area (Å²) in [4.78, 5) is 0. The molecule has 0 atom stereocenters. The highest BCUT2D eigenvalue weighted by Gasteiger charge is 2.08. The van der Waals surface area contributed by atoms with Crippen LogP contribution in [0.5, 0.6) is 5.75 Å². The molecule has 0 radical (unpaired) electrons. The smallest absolute Gasteiger partial charge is 0.283 e. The Hall–Kier alpha value is -1.79. The van der Waals surface area contributed by atoms with E-state index in [9.17, 15) is 13.5 Å². The SMILES string of the molecule is Cc1cc2ccc(NCS(=O)(=O)O)cc2c(O)c1C. The number of phenolic OH excluding ortho intramolecular Hbond substituents is 1. The molecule has 0 saturated carbocycles. The molecule has 0 bridgehead atoms. The zero-order valence-corrected chi connectivity index (χ0v) is 11.5. The lowest BCUT2D eigenvalue weighted by Gasteiger charge is -2.10. The molecule has 0 spiro atoms. The van der Waals surface area contributed by atoms with Gasteiger partial charge < -0.3 is 10.4 Å². The van der Waals surface area contributed by atoms with Gasteiger partial charge >= 0.3 is 0 Å². The number of aromatic hydroxyl groups is 1. The Kier molecular flexibility index (Phi) is 3.38. The van der Waals surface area contributed by atoms with E-state index in [1.165, 1.54) is 0 Å². The molecule has 5 nitrogen and oxygen atoms in total. The summed E-state index contributed by atoms with van der Waals surface area (Å²) in [6.07, 6.45) is 0. The Morgan fingerprint density at radius 2 is 1.89 bits per heavy atom. The lowest BCUT2D eigenvalue weighted by molar-refractivity contribution is 0.477. The molecule has 3 N–H and O–H groups in total. The minimum absolute atomic E-state index is 0.186. The second-order valence-electron chi connectivity index (χ2n) is 4.51. The van der Waals surface area contributed by atoms with Crippen LogP contribution in [0.4, 0.5) is 5.69 Å². The van der Waals surface area contributed by atoms with E-state index in [0.717, 1.165) is 16.5 Å². The Labute approximate surface area is 111 Å². The summed E-state index contributed by atoms with van der Waals surface area (Å²) in [6, 6.07) is 7.09. The Morgan fingerprint density at radius 3 is 2.53 bits per heavy atom. The minimum atomic E-state index is -4.07. The highest BCUT2D eigenvalue weighted by Crippen LogP contribution is 2.32. The number of phenols is 1. The van der Waals surface area contributed by atoms with Crippen LogP contribution in [-0.2, 0) is 10.1 Å². The van der Waals surface area contributed by atoms with E-state index in [2.05, 4.69) is 5.32 Å². The van der Waals surface area contributed by atoms with Crippen molar-refractivity contribution in [1.82, 2.24) is 0 Å². The fourth-order valence-corrected chi connectivity index (χ4v) is 2.25. The summed E-state index contributed by atoms with van der Waals surface area (Å²) in [5.41, 5.74) is 2.30. The first-order valence-electron chi connectivity index (χ1n) is 5.70. The maximum Gasteiger partial charge on any atom is 0.283 e. The van der Waals surface area contributed by atoms with Crippen molar-refractivity contribution >= 4 is 26.6 Å². The van der Waals surface area contributed by atoms with E-state index in [1.54, 1.807) is 18.2 Å². The van der Waals surface area contributed by atoms with Crippen molar-refractivity contribution in [2.24, 2.45) is 0 Å². The van der Waals surface area contributed by atoms with Crippen molar-refractivity contribution in [2.75, 3.05) is 11.2 Å². The number of rotatable bonds is 3. The van der Waals surface area contributed by atoms with Crippen molar-refractivity contribution in [3.8, 4) is 5.75 Å². The quantitative estimate of drug-likeness (QED) is 0.752. The number of fused-ring (bicyclic) bond motifs is 1. The molecule has 0 amide bonds. The maximum absolute atomic E-state index is 10.7. The number of benzene rings is 2. The number of hydrogen-bond acceptors (Lipinski definition) is 4. The van der Waals surface area contributed by atoms with Crippen LogP contribution in [0.2, 0.25) is 0 Å². The first-order valence-corrected chi connectivity index (χ1v) is 7.31. The molecule has 6 heteroatoms. The summed E-state index contributed by atoms with van der Waals surface area (Å²) in [5.74, 6) is -0.380. The molecule has 0 aliphatic carbocycles. The molecule has 0 fully saturated rings. The second kappa shape index (κ2) is 4.71. The summed E-state index contributed by atoms with van der Waals surface area (Å²) in [5, 5.41) is 14.2. The van der Waals surface area contributed by atoms with Crippen LogP contribution in [0, 0.1) is 13.8 Å². The van der Waals surface area contributed by atoms with E-state index >= 15 is 0 Å². The van der Waals surface area contributed by atoms with Crippen LogP contribution in [-0.4, -0.2) is 24.0 Å². The van der Waals surface area contributed by atoms with Crippen molar-refractivity contribution in [3.05, 3.63) is 35.4 Å². The maximum atomic E-state index is 10.7. The zero-order chi connectivity index (χ0) is 14.2. The third kappa shape index (κ3) is 2.97. The molecule has 19 heavy (non-hydrogen) atoms. The lowest BCUT2D eigenvalue weighted by Crippen LogP contribution is -2.12. The fourth-order valence-electron chi connectivity index (χ4n) is 1.90. The summed E-state index contributed by atoms with van der Waals surface area (Å²) < 4.78 is 30.0. The predicted octanol–water partition coefficient (Wildman–Crippen LogP) is 2.42. The van der Waals surface area contributed by atoms with Gasteiger partial charge in [-0.05, 0) is 42.5 Å². The highest BCUT2D eigenvalue weighted by molar-refractivity contribution is 7.85. The molecule has 0 heterocycles. The van der Waals surface area contributed by atoms with Crippen molar-refractivity contribution in [2.45, 2.75) is 13.8 Å². The van der Waals surface area contributed by atoms with Gasteiger partial charge in [0.2, 0.25) is 0 Å². The van der Waals surface area contributed by atoms with Crippen molar-refractivity contribution in [1.29, 1.82) is 0 Å². The molecule has 2 aromatic rings. The van der Waals surface area contributed by atoms with E-state index < -0.39 is 16.0 Å². The predicted molar refractivity (Wildman–Crippen MR) is 75.1 cm³/mol. The average Bonchev–Trinajstić information content (AvgIpc) is 2.33. The fraction of sp³-hybridized carbons (Fsp3) is 0.231. The third-order valence-corrected chi connectivity index (χ3v) is 3.59. The van der Waals surface area contributed by atoms with Gasteiger partial charge in [-0.25, -0.2) is 0 Å². The number of nitrogens with one attached hydrogen (secondary N) is 1. The number of hydrogen-bond donors (Lipinski definition) is 3. The molecule has 2 rings (SSSR count). The summed E-state index contributed by atoms with van der Waals surface area (Å²) in [6.45, 7) is 3.74. The lowest BCUT2D eigenvalue weighted by atomic mass is 10.0. The van der Waals surface area contributed by atoms with Gasteiger partial charge in [0.1, 0.15) is 11.6 Å². The van der Waals surface area contributed by atoms with Crippen LogP contribution in [0.1, 0.15) is 11.1 Å². The first kappa shape index (κ1) is 13.6. The monoisotopic (exact) mass is 281 g/mol. The van der Waals surface area contributed by atoms with Crippen molar-refractivity contribution < 1.29 is 18.1 Å². The second-order valence-corrected chi connectivity index (χ2v) is 5.96. The molecule has 0 aliphatic heterocycles. The van der Waals surface area contributed by atoms with Crippen LogP contribution in [0.15, 0.2) is 24.3 Å². The van der Waals surface area contributed by atoms with Gasteiger partial charge in [-0.2, -0.15) is 8.42 Å². The third-order valence-electron chi connectivity index (χ3n) is 3.09. The number of anilines is 1. The van der Waals surface area contributed by atoms with Crippen LogP contribution in [0.25, 0.3) is 10.8 Å². The van der Waals surface area contributed by atoms with Crippen LogP contribution < -0.4 is 5.32 Å². The van der Waals surface area contributed by atoms with Gasteiger partial charge in [-0.15, -0.1) is 0 Å². The molecule has 0 aromatic heterocycles. The van der Waals surface area contributed by atoms with E-state index in [0.29, 0.717) is 11.1 Å². The molecular formula is C13H15NO4S. The van der Waals surface area contributed by atoms with Gasteiger partial charge in [0.05, 0.1) is 0 Å². The van der Waals surface area contributed by atoms with Gasteiger partial charge in [0.25, 0.3) is 10.1 Å². The zero-order valence-electron chi connectivity index (χ0n) is 10.6. The molecule has 102 valence electrons. The number of aryl methyl sites for hydroxylation is 1. The van der Waals surface area contributed by atoms with Crippen molar-refractivity contribution in [3.63, 3.8) is 0 Å². The average molecular weight is 281 g/mol. The summed E-state index contributed by atoms with van der Waals surface area (Å²) in [7, 11) is -4.07. The van der Waals surface area contributed by atoms with Gasteiger partial charge in [-0.3, -0.25) is 4.55 Å². The van der Waals surface area contributed by atoms with Gasteiger partial charge in [0, 0.05) is 11.1 Å². The van der Waals surface area contributed by atoms with E-state index in [-0.39, 0.29) is 5.75 Å². The molecule has 0 aliphatic rings. The summed E-state index contributed by atoms with van der Waals surface area (Å²) >= 11 is 0. The van der Waals surface area contributed by atoms with E-state index in [1.807, 2.05) is 19.9 Å². The molecule has 2 aromatic carbocycles. The molecule has 0 unspecified atom stereocenters. The highest BCUT2D eigenvalue weighted by atomic mass is 32.2. The first-order chi connectivity index (χ1) is 8.78. The van der Waals surface area contributed by atoms with Gasteiger partial charge in [-0.1, -0.05) is 12.1 Å². The minimum Gasteiger partial charge on any atom is -0.507 e. The molecular weight excluding hydrogens is 266 g/mol. The standard InChI is InChI=1S/C13H15NO4S/c1-8-5-10-3-4-11(14-7-19(16,17)18)6-12(10)13(15)9(8)2/h3-6,14-15H,7H2,1-2H3,(H,16,17,18). The Morgan fingerprint density at radius 1 is 1.21 bits per heavy atom.